The molecule has 1 aliphatic heterocycles. The van der Waals surface area contributed by atoms with Crippen LogP contribution in [0.2, 0.25) is 0 Å². The maximum atomic E-state index is 6.53. The van der Waals surface area contributed by atoms with Crippen LogP contribution in [-0.2, 0) is 0 Å². The van der Waals surface area contributed by atoms with Crippen LogP contribution in [0, 0.1) is 0 Å². The lowest BCUT2D eigenvalue weighted by atomic mass is 9.90. The first-order chi connectivity index (χ1) is 30.2. The lowest BCUT2D eigenvalue weighted by Crippen LogP contribution is -2.15. The maximum Gasteiger partial charge on any atom is 0.164 e. The van der Waals surface area contributed by atoms with Gasteiger partial charge in [0.15, 0.2) is 17.5 Å². The van der Waals surface area contributed by atoms with Crippen LogP contribution in [-0.4, -0.2) is 21.1 Å². The zero-order chi connectivity index (χ0) is 40.5. The highest BCUT2D eigenvalue weighted by molar-refractivity contribution is 5.84. The Bertz CT molecular complexity index is 3130. The molecule has 2 unspecified atom stereocenters. The van der Waals surface area contributed by atoms with Crippen molar-refractivity contribution >= 4 is 0 Å². The van der Waals surface area contributed by atoms with Crippen molar-refractivity contribution in [1.29, 1.82) is 0 Å². The van der Waals surface area contributed by atoms with Gasteiger partial charge in [-0.15, -0.1) is 0 Å². The fourth-order valence-electron chi connectivity index (χ4n) is 8.65. The Hall–Kier alpha value is -7.95. The van der Waals surface area contributed by atoms with E-state index in [0.29, 0.717) is 17.5 Å². The predicted octanol–water partition coefficient (Wildman–Crippen LogP) is 14.2. The summed E-state index contributed by atoms with van der Waals surface area (Å²) in [5.41, 5.74) is 15.2. The third-order valence-electron chi connectivity index (χ3n) is 11.7. The van der Waals surface area contributed by atoms with E-state index in [1.165, 1.54) is 5.56 Å². The smallest absolute Gasteiger partial charge is 0.164 e. The summed E-state index contributed by atoms with van der Waals surface area (Å²) in [4.78, 5) is 15.6. The Balaban J connectivity index is 0.977. The standard InChI is InChI=1S/C57H39N3O/c1-3-16-38(17-4-1)40-20-13-26-46(36-40)55-58-56(60-57(59-55)52-30-8-7-28-48(52)39-18-5-2-6-19-39)47-27-14-24-44(37-47)42-22-11-21-41(34-42)43-23-12-25-45(35-43)49-31-15-32-51-50-29-9-10-33-53(50)61-54(49)51/h1-37,50,53H. The number of allylic oxidation sites excluding steroid dienone is 2. The Morgan fingerprint density at radius 1 is 0.311 bits per heavy atom. The van der Waals surface area contributed by atoms with Crippen molar-refractivity contribution in [2.75, 3.05) is 0 Å². The molecule has 0 saturated carbocycles. The van der Waals surface area contributed by atoms with Crippen molar-refractivity contribution in [2.24, 2.45) is 0 Å². The number of hydrogen-bond acceptors (Lipinski definition) is 4. The lowest BCUT2D eigenvalue weighted by molar-refractivity contribution is 0.270. The zero-order valence-corrected chi connectivity index (χ0v) is 33.3. The van der Waals surface area contributed by atoms with Gasteiger partial charge in [0, 0.05) is 33.7 Å². The molecule has 4 nitrogen and oxygen atoms in total. The van der Waals surface area contributed by atoms with Gasteiger partial charge in [-0.05, 0) is 80.4 Å². The van der Waals surface area contributed by atoms with E-state index in [1.54, 1.807) is 0 Å². The molecule has 8 aromatic carbocycles. The number of nitrogens with zero attached hydrogens (tertiary/aromatic N) is 3. The maximum absolute atomic E-state index is 6.53. The number of benzene rings is 8. The second-order valence-electron chi connectivity index (χ2n) is 15.5. The minimum Gasteiger partial charge on any atom is -0.484 e. The Morgan fingerprint density at radius 2 is 0.738 bits per heavy atom. The molecule has 61 heavy (non-hydrogen) atoms. The molecule has 0 fully saturated rings. The van der Waals surface area contributed by atoms with Crippen molar-refractivity contribution in [3.05, 3.63) is 230 Å². The molecule has 288 valence electrons. The van der Waals surface area contributed by atoms with Crippen molar-refractivity contribution < 1.29 is 4.74 Å². The highest BCUT2D eigenvalue weighted by atomic mass is 16.5. The molecule has 0 spiro atoms. The number of hydrogen-bond donors (Lipinski definition) is 0. The van der Waals surface area contributed by atoms with E-state index in [1.807, 2.05) is 18.2 Å². The Labute approximate surface area is 355 Å². The van der Waals surface area contributed by atoms with Gasteiger partial charge in [0.05, 0.1) is 0 Å². The molecular weight excluding hydrogens is 743 g/mol. The summed E-state index contributed by atoms with van der Waals surface area (Å²) in [7, 11) is 0. The van der Waals surface area contributed by atoms with E-state index in [9.17, 15) is 0 Å². The summed E-state index contributed by atoms with van der Waals surface area (Å²) in [6.07, 6.45) is 8.63. The highest BCUT2D eigenvalue weighted by Gasteiger charge is 2.33. The molecule has 2 heterocycles. The Kier molecular flexibility index (Phi) is 9.29. The van der Waals surface area contributed by atoms with E-state index in [2.05, 4.69) is 206 Å². The molecule has 0 bridgehead atoms. The van der Waals surface area contributed by atoms with Gasteiger partial charge in [0.25, 0.3) is 0 Å². The summed E-state index contributed by atoms with van der Waals surface area (Å²) < 4.78 is 6.53. The minimum atomic E-state index is 0.0448. The molecule has 2 aliphatic rings. The van der Waals surface area contributed by atoms with E-state index < -0.39 is 0 Å². The van der Waals surface area contributed by atoms with Gasteiger partial charge in [-0.3, -0.25) is 0 Å². The summed E-state index contributed by atoms with van der Waals surface area (Å²) in [6, 6.07) is 70.2. The van der Waals surface area contributed by atoms with Crippen LogP contribution < -0.4 is 4.74 Å². The van der Waals surface area contributed by atoms with Gasteiger partial charge >= 0.3 is 0 Å². The van der Waals surface area contributed by atoms with Crippen LogP contribution in [0.1, 0.15) is 11.5 Å². The summed E-state index contributed by atoms with van der Waals surface area (Å²) in [6.45, 7) is 0. The van der Waals surface area contributed by atoms with Gasteiger partial charge in [0.2, 0.25) is 0 Å². The zero-order valence-electron chi connectivity index (χ0n) is 33.3. The van der Waals surface area contributed by atoms with Gasteiger partial charge in [-0.1, -0.05) is 194 Å². The summed E-state index contributed by atoms with van der Waals surface area (Å²) >= 11 is 0. The second-order valence-corrected chi connectivity index (χ2v) is 15.5. The number of aromatic nitrogens is 3. The van der Waals surface area contributed by atoms with Crippen molar-refractivity contribution in [2.45, 2.75) is 12.0 Å². The van der Waals surface area contributed by atoms with Crippen LogP contribution in [0.5, 0.6) is 5.75 Å². The predicted molar refractivity (Wildman–Crippen MR) is 249 cm³/mol. The summed E-state index contributed by atoms with van der Waals surface area (Å²) in [5, 5.41) is 0. The number of rotatable bonds is 8. The van der Waals surface area contributed by atoms with Gasteiger partial charge in [-0.2, -0.15) is 0 Å². The van der Waals surface area contributed by atoms with Crippen LogP contribution in [0.3, 0.4) is 0 Å². The molecule has 0 N–H and O–H groups in total. The van der Waals surface area contributed by atoms with Crippen LogP contribution in [0.4, 0.5) is 0 Å². The topological polar surface area (TPSA) is 47.9 Å². The number of para-hydroxylation sites is 1. The molecule has 11 rings (SSSR count). The first-order valence-electron chi connectivity index (χ1n) is 20.7. The molecule has 0 amide bonds. The van der Waals surface area contributed by atoms with Crippen LogP contribution in [0.15, 0.2) is 224 Å². The van der Waals surface area contributed by atoms with Crippen LogP contribution >= 0.6 is 0 Å². The number of fused-ring (bicyclic) bond motifs is 3. The highest BCUT2D eigenvalue weighted by Crippen LogP contribution is 2.47. The Morgan fingerprint density at radius 3 is 1.38 bits per heavy atom. The molecule has 0 radical (unpaired) electrons. The molecule has 1 aliphatic carbocycles. The quantitative estimate of drug-likeness (QED) is 0.154. The van der Waals surface area contributed by atoms with Crippen molar-refractivity contribution in [1.82, 2.24) is 15.0 Å². The third kappa shape index (κ3) is 7.04. The molecule has 9 aromatic rings. The van der Waals surface area contributed by atoms with E-state index in [0.717, 1.165) is 78.1 Å². The first-order valence-corrected chi connectivity index (χ1v) is 20.7. The van der Waals surface area contributed by atoms with Gasteiger partial charge in [-0.25, -0.2) is 15.0 Å². The average molecular weight is 782 g/mol. The fraction of sp³-hybridized carbons (Fsp3) is 0.0351. The first kappa shape index (κ1) is 36.2. The lowest BCUT2D eigenvalue weighted by Gasteiger charge is -2.14. The van der Waals surface area contributed by atoms with Crippen molar-refractivity contribution in [3.63, 3.8) is 0 Å². The molecule has 1 aromatic heterocycles. The summed E-state index contributed by atoms with van der Waals surface area (Å²) in [5.74, 6) is 3.09. The SMILES string of the molecule is C1=CC2Oc3c(-c4cccc(-c5cccc(-c6cccc(-c7nc(-c8cccc(-c9ccccc9)c8)nc(-c8ccccc8-c8ccccc8)n7)c6)c5)c4)cccc3C2C=C1. The minimum absolute atomic E-state index is 0.0448. The molecule has 0 saturated heterocycles. The van der Waals surface area contributed by atoms with Gasteiger partial charge in [0.1, 0.15) is 11.9 Å². The molecule has 4 heteroatoms. The molecule has 2 atom stereocenters. The monoisotopic (exact) mass is 781 g/mol. The van der Waals surface area contributed by atoms with E-state index in [-0.39, 0.29) is 12.0 Å². The van der Waals surface area contributed by atoms with Gasteiger partial charge < -0.3 is 4.74 Å². The average Bonchev–Trinajstić information content (AvgIpc) is 3.74. The second kappa shape index (κ2) is 15.7. The fourth-order valence-corrected chi connectivity index (χ4v) is 8.65. The third-order valence-corrected chi connectivity index (χ3v) is 11.7. The normalized spacial score (nSPS) is 14.9. The van der Waals surface area contributed by atoms with E-state index in [4.69, 9.17) is 19.7 Å². The van der Waals surface area contributed by atoms with Crippen molar-refractivity contribution in [3.8, 4) is 95.5 Å². The number of ether oxygens (including phenoxy) is 1. The largest absolute Gasteiger partial charge is 0.484 e. The van der Waals surface area contributed by atoms with Crippen LogP contribution in [0.25, 0.3) is 89.8 Å². The molecular formula is C57H39N3O. The van der Waals surface area contributed by atoms with E-state index >= 15 is 0 Å².